The van der Waals surface area contributed by atoms with Crippen LogP contribution in [0.15, 0.2) is 102 Å². The Bertz CT molecular complexity index is 1460. The van der Waals surface area contributed by atoms with E-state index in [4.69, 9.17) is 0 Å². The lowest BCUT2D eigenvalue weighted by Crippen LogP contribution is -2.48. The second kappa shape index (κ2) is 12.1. The number of nitrogens with one attached hydrogen (secondary N) is 2. The third-order valence-electron chi connectivity index (χ3n) is 6.32. The number of sulfonamides is 1. The van der Waals surface area contributed by atoms with E-state index in [0.717, 1.165) is 30.9 Å². The summed E-state index contributed by atoms with van der Waals surface area (Å²) in [4.78, 5) is 32.4. The molecule has 2 aromatic carbocycles. The average molecular weight is 546 g/mol. The van der Waals surface area contributed by atoms with Gasteiger partial charge in [0.05, 0.1) is 5.71 Å². The predicted octanol–water partition coefficient (Wildman–Crippen LogP) is 3.94. The molecule has 9 nitrogen and oxygen atoms in total. The number of carbonyl (C=O) groups is 2. The number of nitrogens with zero attached hydrogens (tertiary/aromatic N) is 3. The van der Waals surface area contributed by atoms with Crippen LogP contribution in [-0.2, 0) is 21.4 Å². The summed E-state index contributed by atoms with van der Waals surface area (Å²) >= 11 is 0. The van der Waals surface area contributed by atoms with Crippen molar-refractivity contribution in [3.63, 3.8) is 0 Å². The first-order valence-electron chi connectivity index (χ1n) is 12.4. The van der Waals surface area contributed by atoms with E-state index in [1.54, 1.807) is 41.3 Å². The second-order valence-corrected chi connectivity index (χ2v) is 10.9. The Hall–Kier alpha value is -4.28. The molecule has 0 radical (unpaired) electrons. The third kappa shape index (κ3) is 6.98. The molecule has 1 fully saturated rings. The maximum Gasteiger partial charge on any atom is 0.264 e. The summed E-state index contributed by atoms with van der Waals surface area (Å²) in [7, 11) is -3.93. The second-order valence-electron chi connectivity index (χ2n) is 9.20. The molecule has 0 saturated carbocycles. The quantitative estimate of drug-likeness (QED) is 0.522. The van der Waals surface area contributed by atoms with Gasteiger partial charge >= 0.3 is 0 Å². The molecule has 1 aliphatic heterocycles. The van der Waals surface area contributed by atoms with Gasteiger partial charge in [-0.2, -0.15) is 0 Å². The first kappa shape index (κ1) is 27.7. The van der Waals surface area contributed by atoms with Gasteiger partial charge in [-0.05, 0) is 53.6 Å². The lowest BCUT2D eigenvalue weighted by molar-refractivity contribution is -0.114. The number of rotatable bonds is 8. The van der Waals surface area contributed by atoms with E-state index in [-0.39, 0.29) is 22.4 Å². The number of anilines is 2. The van der Waals surface area contributed by atoms with Crippen LogP contribution in [-0.4, -0.2) is 61.9 Å². The summed E-state index contributed by atoms with van der Waals surface area (Å²) in [6.07, 6.45) is 6.01. The summed E-state index contributed by atoms with van der Waals surface area (Å²) in [5, 5.41) is 2.76. The molecule has 10 heteroatoms. The van der Waals surface area contributed by atoms with Crippen molar-refractivity contribution in [1.82, 2.24) is 9.80 Å². The zero-order valence-electron chi connectivity index (χ0n) is 21.8. The molecule has 2 aromatic rings. The predicted molar refractivity (Wildman–Crippen MR) is 155 cm³/mol. The number of hydrogen-bond acceptors (Lipinski definition) is 6. The molecule has 202 valence electrons. The van der Waals surface area contributed by atoms with Crippen LogP contribution in [0.3, 0.4) is 0 Å². The molecule has 1 aliphatic carbocycles. The highest BCUT2D eigenvalue weighted by Crippen LogP contribution is 2.23. The summed E-state index contributed by atoms with van der Waals surface area (Å²) in [5.74, 6) is -0.200. The first-order chi connectivity index (χ1) is 18.7. The Morgan fingerprint density at radius 1 is 1.00 bits per heavy atom. The fourth-order valence-corrected chi connectivity index (χ4v) is 5.61. The molecule has 0 atom stereocenters. The van der Waals surface area contributed by atoms with Gasteiger partial charge in [-0.15, -0.1) is 0 Å². The fourth-order valence-electron chi connectivity index (χ4n) is 4.36. The van der Waals surface area contributed by atoms with Crippen LogP contribution < -0.4 is 10.0 Å². The van der Waals surface area contributed by atoms with Crippen molar-refractivity contribution >= 4 is 38.9 Å². The van der Waals surface area contributed by atoms with Gasteiger partial charge in [-0.3, -0.25) is 24.2 Å². The molecule has 0 aromatic heterocycles. The fraction of sp³-hybridized carbons (Fsp3) is 0.207. The van der Waals surface area contributed by atoms with Gasteiger partial charge in [0, 0.05) is 62.8 Å². The van der Waals surface area contributed by atoms with E-state index in [1.807, 2.05) is 24.3 Å². The minimum absolute atomic E-state index is 0.00315. The van der Waals surface area contributed by atoms with Crippen LogP contribution in [0.2, 0.25) is 0 Å². The van der Waals surface area contributed by atoms with Crippen molar-refractivity contribution in [1.29, 1.82) is 0 Å². The number of carbonyl (C=O) groups excluding carboxylic acids is 2. The van der Waals surface area contributed by atoms with Crippen molar-refractivity contribution in [3.8, 4) is 0 Å². The molecule has 2 aliphatic rings. The monoisotopic (exact) mass is 545 g/mol. The highest BCUT2D eigenvalue weighted by molar-refractivity contribution is 7.97. The number of benzene rings is 2. The van der Waals surface area contributed by atoms with Gasteiger partial charge in [-0.25, -0.2) is 8.42 Å². The Morgan fingerprint density at radius 3 is 2.26 bits per heavy atom. The van der Waals surface area contributed by atoms with Crippen LogP contribution in [0.4, 0.5) is 11.4 Å². The van der Waals surface area contributed by atoms with Gasteiger partial charge < -0.3 is 10.2 Å². The van der Waals surface area contributed by atoms with Crippen LogP contribution in [0.5, 0.6) is 0 Å². The topological polar surface area (TPSA) is 111 Å². The van der Waals surface area contributed by atoms with E-state index < -0.39 is 10.0 Å². The molecule has 2 N–H and O–H groups in total. The van der Waals surface area contributed by atoms with Gasteiger partial charge in [0.25, 0.3) is 15.9 Å². The minimum Gasteiger partial charge on any atom is -0.336 e. The minimum atomic E-state index is -3.93. The smallest absolute Gasteiger partial charge is 0.264 e. The largest absolute Gasteiger partial charge is 0.336 e. The highest BCUT2D eigenvalue weighted by atomic mass is 32.2. The number of aliphatic imine (C=N–C) groups is 1. The number of amides is 2. The molecule has 1 saturated heterocycles. The average Bonchev–Trinajstić information content (AvgIpc) is 2.91. The zero-order chi connectivity index (χ0) is 28.0. The number of allylic oxidation sites excluding steroid dienone is 5. The molecular formula is C29H31N5O4S. The Kier molecular flexibility index (Phi) is 8.58. The number of hydrogen-bond donors (Lipinski definition) is 2. The molecule has 0 unspecified atom stereocenters. The molecule has 0 spiro atoms. The van der Waals surface area contributed by atoms with E-state index in [1.165, 1.54) is 19.2 Å². The summed E-state index contributed by atoms with van der Waals surface area (Å²) in [6, 6.07) is 14.1. The maximum absolute atomic E-state index is 13.1. The summed E-state index contributed by atoms with van der Waals surface area (Å²) in [6.45, 7) is 12.3. The highest BCUT2D eigenvalue weighted by Gasteiger charge is 2.26. The zero-order valence-corrected chi connectivity index (χ0v) is 22.6. The van der Waals surface area contributed by atoms with Crippen LogP contribution >= 0.6 is 0 Å². The van der Waals surface area contributed by atoms with Crippen LogP contribution in [0, 0.1) is 0 Å². The standard InChI is InChI=1S/C29H31N5O4S/c1-4-30-28-21(2)6-5-7-27(28)39(37,38)32-26-14-10-24(11-15-26)29(36)34-18-16-33(17-19-34)20-23-8-12-25(13-9-23)31-22(3)35/h4-15,32H,1-2,16-20H2,3H3,(H,31,35). The van der Waals surface area contributed by atoms with E-state index in [9.17, 15) is 18.0 Å². The van der Waals surface area contributed by atoms with Gasteiger partial charge in [0.15, 0.2) is 0 Å². The molecule has 4 rings (SSSR count). The summed E-state index contributed by atoms with van der Waals surface area (Å²) < 4.78 is 28.6. The number of piperazine rings is 1. The summed E-state index contributed by atoms with van der Waals surface area (Å²) in [5.41, 5.74) is 3.42. The molecule has 2 amide bonds. The first-order valence-corrected chi connectivity index (χ1v) is 13.9. The maximum atomic E-state index is 13.1. The molecule has 0 bridgehead atoms. The van der Waals surface area contributed by atoms with E-state index in [2.05, 4.69) is 33.1 Å². The van der Waals surface area contributed by atoms with Gasteiger partial charge in [0.1, 0.15) is 4.91 Å². The molecule has 1 heterocycles. The van der Waals surface area contributed by atoms with Crippen molar-refractivity contribution in [2.75, 3.05) is 36.2 Å². The Balaban J connectivity index is 1.33. The van der Waals surface area contributed by atoms with Crippen LogP contribution in [0.1, 0.15) is 22.8 Å². The Morgan fingerprint density at radius 2 is 1.64 bits per heavy atom. The van der Waals surface area contributed by atoms with E-state index >= 15 is 0 Å². The van der Waals surface area contributed by atoms with E-state index in [0.29, 0.717) is 29.9 Å². The molecule has 39 heavy (non-hydrogen) atoms. The third-order valence-corrected chi connectivity index (χ3v) is 7.73. The van der Waals surface area contributed by atoms with Crippen molar-refractivity contribution in [2.45, 2.75) is 13.5 Å². The van der Waals surface area contributed by atoms with Gasteiger partial charge in [0.2, 0.25) is 5.91 Å². The lowest BCUT2D eigenvalue weighted by atomic mass is 10.1. The van der Waals surface area contributed by atoms with Crippen LogP contribution in [0.25, 0.3) is 0 Å². The van der Waals surface area contributed by atoms with Crippen molar-refractivity contribution in [3.05, 3.63) is 108 Å². The van der Waals surface area contributed by atoms with Crippen molar-refractivity contribution < 1.29 is 18.0 Å². The van der Waals surface area contributed by atoms with Gasteiger partial charge in [-0.1, -0.05) is 37.4 Å². The SMILES string of the molecule is C=CN=C1C(=C)C=CC=C1S(=O)(=O)Nc1ccc(C(=O)N2CCN(Cc3ccc(NC(C)=O)cc3)CC2)cc1. The lowest BCUT2D eigenvalue weighted by Gasteiger charge is -2.34. The Labute approximate surface area is 229 Å². The molecular weight excluding hydrogens is 514 g/mol. The van der Waals surface area contributed by atoms with Crippen molar-refractivity contribution in [2.24, 2.45) is 4.99 Å². The normalized spacial score (nSPS) is 17.1.